The zero-order valence-corrected chi connectivity index (χ0v) is 18.2. The first kappa shape index (κ1) is 21.1. The van der Waals surface area contributed by atoms with Gasteiger partial charge in [0.15, 0.2) is 23.0 Å². The maximum atomic E-state index is 12.9. The topological polar surface area (TPSA) is 81.7 Å². The number of ether oxygens (including phenoxy) is 7. The van der Waals surface area contributed by atoms with E-state index in [1.807, 2.05) is 30.3 Å². The van der Waals surface area contributed by atoms with Gasteiger partial charge in [0.2, 0.25) is 5.75 Å². The third kappa shape index (κ3) is 3.50. The average molecular weight is 430 g/mol. The highest BCUT2D eigenvalue weighted by Crippen LogP contribution is 2.53. The molecule has 0 N–H and O–H groups in total. The van der Waals surface area contributed by atoms with Gasteiger partial charge in [0.05, 0.1) is 54.2 Å². The molecule has 0 spiro atoms. The minimum absolute atomic E-state index is 0.145. The van der Waals surface area contributed by atoms with E-state index in [0.29, 0.717) is 35.4 Å². The van der Waals surface area contributed by atoms with Crippen LogP contribution in [0.5, 0.6) is 28.7 Å². The molecule has 0 aromatic heterocycles. The summed E-state index contributed by atoms with van der Waals surface area (Å²) in [5.74, 6) is 1.83. The summed E-state index contributed by atoms with van der Waals surface area (Å²) >= 11 is 0. The summed E-state index contributed by atoms with van der Waals surface area (Å²) in [4.78, 5) is 12.9. The summed E-state index contributed by atoms with van der Waals surface area (Å²) in [5.41, 5.74) is 1.61. The lowest BCUT2D eigenvalue weighted by molar-refractivity contribution is -0.148. The molecule has 0 bridgehead atoms. The highest BCUT2D eigenvalue weighted by Gasteiger charge is 2.54. The van der Waals surface area contributed by atoms with E-state index in [1.54, 1.807) is 35.5 Å². The monoisotopic (exact) mass is 430 g/mol. The van der Waals surface area contributed by atoms with Crippen LogP contribution in [0.3, 0.4) is 0 Å². The molecule has 0 saturated carbocycles. The molecule has 166 valence electrons. The number of rotatable bonds is 7. The third-order valence-corrected chi connectivity index (χ3v) is 5.91. The van der Waals surface area contributed by atoms with Gasteiger partial charge < -0.3 is 33.2 Å². The molecule has 4 rings (SSSR count). The maximum absolute atomic E-state index is 12.9. The van der Waals surface area contributed by atoms with Crippen molar-refractivity contribution in [2.24, 2.45) is 11.8 Å². The number of carbonyl (C=O) groups excluding carboxylic acids is 1. The van der Waals surface area contributed by atoms with Gasteiger partial charge >= 0.3 is 5.97 Å². The quantitative estimate of drug-likeness (QED) is 0.619. The van der Waals surface area contributed by atoms with Gasteiger partial charge in [0, 0.05) is 11.5 Å². The molecule has 0 radical (unpaired) electrons. The maximum Gasteiger partial charge on any atom is 0.313 e. The van der Waals surface area contributed by atoms with Crippen molar-refractivity contribution in [3.05, 3.63) is 41.5 Å². The number of hydrogen-bond acceptors (Lipinski definition) is 8. The lowest BCUT2D eigenvalue weighted by Gasteiger charge is -2.19. The van der Waals surface area contributed by atoms with Gasteiger partial charge in [-0.3, -0.25) is 4.79 Å². The molecular formula is C23H26O8. The van der Waals surface area contributed by atoms with Crippen LogP contribution in [0.4, 0.5) is 0 Å². The zero-order chi connectivity index (χ0) is 22.1. The SMILES string of the molecule is COc1ccc([C@H]2OC[C@@H]3[C@H]2C(=O)O[C@H]3c2cc(OC)c(OC)c(OC)c2)cc1OC. The van der Waals surface area contributed by atoms with E-state index in [0.717, 1.165) is 11.1 Å². The number of cyclic esters (lactones) is 1. The Balaban J connectivity index is 1.66. The van der Waals surface area contributed by atoms with Crippen molar-refractivity contribution < 1.29 is 38.0 Å². The van der Waals surface area contributed by atoms with Crippen molar-refractivity contribution >= 4 is 5.97 Å². The van der Waals surface area contributed by atoms with Crippen LogP contribution in [0.1, 0.15) is 23.3 Å². The zero-order valence-electron chi connectivity index (χ0n) is 18.2. The number of carbonyl (C=O) groups is 1. The minimum Gasteiger partial charge on any atom is -0.493 e. The van der Waals surface area contributed by atoms with Gasteiger partial charge in [0.1, 0.15) is 6.10 Å². The Kier molecular flexibility index (Phi) is 5.82. The molecule has 31 heavy (non-hydrogen) atoms. The Morgan fingerprint density at radius 1 is 0.742 bits per heavy atom. The molecule has 2 heterocycles. The van der Waals surface area contributed by atoms with Gasteiger partial charge in [-0.2, -0.15) is 0 Å². The molecule has 8 heteroatoms. The second kappa shape index (κ2) is 8.55. The fraction of sp³-hybridized carbons (Fsp3) is 0.435. The molecule has 8 nitrogen and oxygen atoms in total. The molecule has 2 fully saturated rings. The van der Waals surface area contributed by atoms with Crippen LogP contribution >= 0.6 is 0 Å². The van der Waals surface area contributed by atoms with E-state index in [9.17, 15) is 4.79 Å². The van der Waals surface area contributed by atoms with Crippen molar-refractivity contribution in [2.45, 2.75) is 12.2 Å². The summed E-state index contributed by atoms with van der Waals surface area (Å²) in [6.45, 7) is 0.386. The largest absolute Gasteiger partial charge is 0.493 e. The van der Waals surface area contributed by atoms with Crippen LogP contribution in [0, 0.1) is 11.8 Å². The minimum atomic E-state index is -0.476. The van der Waals surface area contributed by atoms with Gasteiger partial charge in [-0.05, 0) is 29.8 Å². The van der Waals surface area contributed by atoms with Crippen molar-refractivity contribution in [1.29, 1.82) is 0 Å². The van der Waals surface area contributed by atoms with Crippen LogP contribution in [-0.2, 0) is 14.3 Å². The van der Waals surface area contributed by atoms with Gasteiger partial charge in [-0.1, -0.05) is 6.07 Å². The van der Waals surface area contributed by atoms with Crippen molar-refractivity contribution in [2.75, 3.05) is 42.2 Å². The van der Waals surface area contributed by atoms with Crippen molar-refractivity contribution in [1.82, 2.24) is 0 Å². The first-order valence-electron chi connectivity index (χ1n) is 9.90. The summed E-state index contributed by atoms with van der Waals surface area (Å²) < 4.78 is 38.9. The van der Waals surface area contributed by atoms with Crippen LogP contribution in [0.25, 0.3) is 0 Å². The Morgan fingerprint density at radius 3 is 1.94 bits per heavy atom. The van der Waals surface area contributed by atoms with Crippen LogP contribution in [0.2, 0.25) is 0 Å². The Morgan fingerprint density at radius 2 is 1.35 bits per heavy atom. The van der Waals surface area contributed by atoms with E-state index in [1.165, 1.54) is 0 Å². The van der Waals surface area contributed by atoms with E-state index in [2.05, 4.69) is 0 Å². The molecule has 4 atom stereocenters. The molecule has 0 amide bonds. The first-order valence-corrected chi connectivity index (χ1v) is 9.90. The van der Waals surface area contributed by atoms with Gasteiger partial charge in [0.25, 0.3) is 0 Å². The second-order valence-electron chi connectivity index (χ2n) is 7.37. The predicted octanol–water partition coefficient (Wildman–Crippen LogP) is 3.33. The van der Waals surface area contributed by atoms with Crippen LogP contribution in [-0.4, -0.2) is 48.1 Å². The summed E-state index contributed by atoms with van der Waals surface area (Å²) in [6.07, 6.45) is -0.902. The van der Waals surface area contributed by atoms with Gasteiger partial charge in [-0.15, -0.1) is 0 Å². The Labute approximate surface area is 180 Å². The fourth-order valence-electron chi connectivity index (χ4n) is 4.43. The number of fused-ring (bicyclic) bond motifs is 1. The molecule has 0 unspecified atom stereocenters. The standard InChI is InChI=1S/C23H26O8/c1-25-15-7-6-12(8-16(15)26-2)21-19-14(11-30-21)20(31-23(19)24)13-9-17(27-3)22(29-5)18(10-13)28-4/h6-10,14,19-21H,11H2,1-5H3/t14-,19-,20+,21-/m1/s1. The molecule has 0 aliphatic carbocycles. The number of esters is 1. The van der Waals surface area contributed by atoms with E-state index < -0.39 is 18.1 Å². The molecule has 2 aliphatic rings. The second-order valence-corrected chi connectivity index (χ2v) is 7.37. The normalized spacial score (nSPS) is 24.4. The number of methoxy groups -OCH3 is 5. The predicted molar refractivity (Wildman–Crippen MR) is 110 cm³/mol. The molecule has 2 aromatic carbocycles. The Bertz CT molecular complexity index is 947. The summed E-state index contributed by atoms with van der Waals surface area (Å²) in [5, 5.41) is 0. The van der Waals surface area contributed by atoms with Crippen molar-refractivity contribution in [3.63, 3.8) is 0 Å². The Hall–Kier alpha value is -3.13. The highest BCUT2D eigenvalue weighted by molar-refractivity contribution is 5.77. The highest BCUT2D eigenvalue weighted by atomic mass is 16.6. The van der Waals surface area contributed by atoms with E-state index >= 15 is 0 Å². The average Bonchev–Trinajstić information content (AvgIpc) is 3.38. The lowest BCUT2D eigenvalue weighted by atomic mass is 9.84. The van der Waals surface area contributed by atoms with E-state index in [4.69, 9.17) is 33.2 Å². The summed E-state index contributed by atoms with van der Waals surface area (Å²) in [7, 11) is 7.80. The summed E-state index contributed by atoms with van der Waals surface area (Å²) in [6, 6.07) is 9.15. The number of hydrogen-bond donors (Lipinski definition) is 0. The molecule has 2 aliphatic heterocycles. The van der Waals surface area contributed by atoms with Crippen LogP contribution in [0.15, 0.2) is 30.3 Å². The molecule has 2 saturated heterocycles. The molecule has 2 aromatic rings. The lowest BCUT2D eigenvalue weighted by Crippen LogP contribution is -2.18. The fourth-order valence-corrected chi connectivity index (χ4v) is 4.43. The number of benzene rings is 2. The first-order chi connectivity index (χ1) is 15.1. The van der Waals surface area contributed by atoms with Gasteiger partial charge in [-0.25, -0.2) is 0 Å². The van der Waals surface area contributed by atoms with Crippen molar-refractivity contribution in [3.8, 4) is 28.7 Å². The third-order valence-electron chi connectivity index (χ3n) is 5.91. The molecular weight excluding hydrogens is 404 g/mol. The smallest absolute Gasteiger partial charge is 0.313 e. The van der Waals surface area contributed by atoms with Crippen LogP contribution < -0.4 is 23.7 Å². The van der Waals surface area contributed by atoms with E-state index in [-0.39, 0.29) is 11.9 Å².